The van der Waals surface area contributed by atoms with E-state index < -0.39 is 0 Å². The molecule has 0 N–H and O–H groups in total. The molecular weight excluding hydrogens is 396 g/mol. The predicted octanol–water partition coefficient (Wildman–Crippen LogP) is 3.01. The molecule has 0 saturated carbocycles. The molecule has 0 radical (unpaired) electrons. The number of hydrogen-bond acceptors (Lipinski definition) is 5. The van der Waals surface area contributed by atoms with Crippen LogP contribution in [0, 0.1) is 6.92 Å². The van der Waals surface area contributed by atoms with Gasteiger partial charge in [-0.05, 0) is 25.5 Å². The van der Waals surface area contributed by atoms with Gasteiger partial charge in [0.25, 0.3) is 5.91 Å². The number of aryl methyl sites for hydroxylation is 1. The van der Waals surface area contributed by atoms with Crippen LogP contribution >= 0.6 is 22.9 Å². The van der Waals surface area contributed by atoms with E-state index in [1.807, 2.05) is 36.1 Å². The van der Waals surface area contributed by atoms with Crippen molar-refractivity contribution in [3.8, 4) is 10.6 Å². The smallest absolute Gasteiger partial charge is 0.265 e. The number of hydrogen-bond donors (Lipinski definition) is 0. The van der Waals surface area contributed by atoms with Gasteiger partial charge in [0.05, 0.1) is 12.2 Å². The van der Waals surface area contributed by atoms with Gasteiger partial charge in [-0.15, -0.1) is 11.3 Å². The van der Waals surface area contributed by atoms with Crippen LogP contribution in [0.15, 0.2) is 24.3 Å². The fourth-order valence-electron chi connectivity index (χ4n) is 3.12. The summed E-state index contributed by atoms with van der Waals surface area (Å²) in [7, 11) is 3.53. The number of likely N-dealkylation sites (N-methyl/N-ethyl adjacent to an activating group) is 1. The lowest BCUT2D eigenvalue weighted by molar-refractivity contribution is -0.129. The topological polar surface area (TPSA) is 56.8 Å². The SMILES string of the molecule is Cc1nc(-c2ccc(Cl)cc2)sc1C(=O)N1CCCN(CC(=O)N(C)C)CC1. The minimum Gasteiger partial charge on any atom is -0.348 e. The van der Waals surface area contributed by atoms with Gasteiger partial charge in [-0.3, -0.25) is 14.5 Å². The molecule has 2 amide bonds. The third-order valence-electron chi connectivity index (χ3n) is 4.82. The fourth-order valence-corrected chi connectivity index (χ4v) is 4.28. The van der Waals surface area contributed by atoms with E-state index in [1.165, 1.54) is 11.3 Å². The number of benzene rings is 1. The molecule has 1 aromatic carbocycles. The van der Waals surface area contributed by atoms with Crippen molar-refractivity contribution in [2.75, 3.05) is 46.8 Å². The normalized spacial score (nSPS) is 15.4. The Kier molecular flexibility index (Phi) is 6.69. The first-order chi connectivity index (χ1) is 13.3. The monoisotopic (exact) mass is 420 g/mol. The number of carbonyl (C=O) groups is 2. The van der Waals surface area contributed by atoms with E-state index in [1.54, 1.807) is 19.0 Å². The van der Waals surface area contributed by atoms with Crippen LogP contribution in [0.3, 0.4) is 0 Å². The van der Waals surface area contributed by atoms with Crippen molar-refractivity contribution in [3.05, 3.63) is 39.9 Å². The Hall–Kier alpha value is -1.96. The highest BCUT2D eigenvalue weighted by Gasteiger charge is 2.25. The maximum Gasteiger partial charge on any atom is 0.265 e. The zero-order chi connectivity index (χ0) is 20.3. The number of nitrogens with zero attached hydrogens (tertiary/aromatic N) is 4. The summed E-state index contributed by atoms with van der Waals surface area (Å²) in [4.78, 5) is 35.9. The lowest BCUT2D eigenvalue weighted by Gasteiger charge is -2.22. The van der Waals surface area contributed by atoms with Crippen molar-refractivity contribution in [2.45, 2.75) is 13.3 Å². The summed E-state index contributed by atoms with van der Waals surface area (Å²) in [6, 6.07) is 7.49. The molecule has 150 valence electrons. The maximum absolute atomic E-state index is 13.1. The number of thiazole rings is 1. The molecule has 2 heterocycles. The van der Waals surface area contributed by atoms with Gasteiger partial charge in [-0.1, -0.05) is 23.7 Å². The highest BCUT2D eigenvalue weighted by atomic mass is 35.5. The Balaban J connectivity index is 1.69. The highest BCUT2D eigenvalue weighted by molar-refractivity contribution is 7.17. The molecule has 0 bridgehead atoms. The van der Waals surface area contributed by atoms with E-state index >= 15 is 0 Å². The number of rotatable bonds is 4. The Morgan fingerprint density at radius 1 is 1.14 bits per heavy atom. The molecule has 6 nitrogen and oxygen atoms in total. The van der Waals surface area contributed by atoms with Crippen LogP contribution in [0.5, 0.6) is 0 Å². The molecule has 8 heteroatoms. The average Bonchev–Trinajstić information content (AvgIpc) is 2.90. The largest absolute Gasteiger partial charge is 0.348 e. The lowest BCUT2D eigenvalue weighted by atomic mass is 10.2. The molecule has 1 aromatic heterocycles. The van der Waals surface area contributed by atoms with E-state index in [-0.39, 0.29) is 11.8 Å². The van der Waals surface area contributed by atoms with Gasteiger partial charge in [0.15, 0.2) is 0 Å². The fraction of sp³-hybridized carbons (Fsp3) is 0.450. The number of aromatic nitrogens is 1. The van der Waals surface area contributed by atoms with Crippen LogP contribution in [0.4, 0.5) is 0 Å². The molecule has 1 aliphatic rings. The van der Waals surface area contributed by atoms with Crippen LogP contribution < -0.4 is 0 Å². The first-order valence-corrected chi connectivity index (χ1v) is 10.5. The van der Waals surface area contributed by atoms with Gasteiger partial charge in [0.1, 0.15) is 9.88 Å². The molecule has 0 spiro atoms. The molecule has 3 rings (SSSR count). The number of halogens is 1. The Morgan fingerprint density at radius 2 is 1.86 bits per heavy atom. The lowest BCUT2D eigenvalue weighted by Crippen LogP contribution is -2.39. The van der Waals surface area contributed by atoms with E-state index in [0.717, 1.165) is 29.2 Å². The third kappa shape index (κ3) is 4.90. The summed E-state index contributed by atoms with van der Waals surface area (Å²) >= 11 is 7.38. The molecule has 1 fully saturated rings. The summed E-state index contributed by atoms with van der Waals surface area (Å²) in [6.07, 6.45) is 0.855. The van der Waals surface area contributed by atoms with E-state index in [9.17, 15) is 9.59 Å². The van der Waals surface area contributed by atoms with Crippen LogP contribution in [0.1, 0.15) is 21.8 Å². The van der Waals surface area contributed by atoms with Crippen LogP contribution in [0.2, 0.25) is 5.02 Å². The van der Waals surface area contributed by atoms with Crippen molar-refractivity contribution in [2.24, 2.45) is 0 Å². The van der Waals surface area contributed by atoms with E-state index in [4.69, 9.17) is 11.6 Å². The summed E-state index contributed by atoms with van der Waals surface area (Å²) < 4.78 is 0. The first-order valence-electron chi connectivity index (χ1n) is 9.30. The first kappa shape index (κ1) is 20.8. The second kappa shape index (κ2) is 9.03. The summed E-state index contributed by atoms with van der Waals surface area (Å²) in [5.41, 5.74) is 1.71. The van der Waals surface area contributed by atoms with Gasteiger partial charge < -0.3 is 9.80 Å². The van der Waals surface area contributed by atoms with Gasteiger partial charge in [0, 0.05) is 50.9 Å². The van der Waals surface area contributed by atoms with Crippen molar-refractivity contribution in [1.29, 1.82) is 0 Å². The zero-order valence-electron chi connectivity index (χ0n) is 16.4. The zero-order valence-corrected chi connectivity index (χ0v) is 18.0. The number of amides is 2. The van der Waals surface area contributed by atoms with Crippen molar-refractivity contribution in [3.63, 3.8) is 0 Å². The highest BCUT2D eigenvalue weighted by Crippen LogP contribution is 2.29. The van der Waals surface area contributed by atoms with E-state index in [2.05, 4.69) is 9.88 Å². The van der Waals surface area contributed by atoms with Gasteiger partial charge in [0.2, 0.25) is 5.91 Å². The van der Waals surface area contributed by atoms with Crippen molar-refractivity contribution < 1.29 is 9.59 Å². The van der Waals surface area contributed by atoms with Crippen LogP contribution in [0.25, 0.3) is 10.6 Å². The van der Waals surface area contributed by atoms with Gasteiger partial charge >= 0.3 is 0 Å². The summed E-state index contributed by atoms with van der Waals surface area (Å²) in [5.74, 6) is 0.113. The Bertz CT molecular complexity index is 850. The molecule has 28 heavy (non-hydrogen) atoms. The average molecular weight is 421 g/mol. The molecule has 0 atom stereocenters. The van der Waals surface area contributed by atoms with Gasteiger partial charge in [-0.2, -0.15) is 0 Å². The third-order valence-corrected chi connectivity index (χ3v) is 6.26. The van der Waals surface area contributed by atoms with Gasteiger partial charge in [-0.25, -0.2) is 4.98 Å². The minimum absolute atomic E-state index is 0.0241. The van der Waals surface area contributed by atoms with Crippen LogP contribution in [-0.4, -0.2) is 78.3 Å². The molecule has 0 aliphatic carbocycles. The quantitative estimate of drug-likeness (QED) is 0.762. The molecule has 1 saturated heterocycles. The standard InChI is InChI=1S/C20H25ClN4O2S/c1-14-18(28-19(22-14)15-5-7-16(21)8-6-15)20(27)25-10-4-9-24(11-12-25)13-17(26)23(2)3/h5-8H,4,9-13H2,1-3H3. The second-order valence-corrected chi connectivity index (χ2v) is 8.59. The molecule has 2 aromatic rings. The van der Waals surface area contributed by atoms with Crippen LogP contribution in [-0.2, 0) is 4.79 Å². The Labute approximate surface area is 174 Å². The summed E-state index contributed by atoms with van der Waals surface area (Å²) in [6.45, 7) is 5.11. The number of carbonyl (C=O) groups excluding carboxylic acids is 2. The minimum atomic E-state index is 0.0241. The predicted molar refractivity (Wildman–Crippen MR) is 113 cm³/mol. The van der Waals surface area contributed by atoms with E-state index in [0.29, 0.717) is 36.1 Å². The molecule has 0 unspecified atom stereocenters. The Morgan fingerprint density at radius 3 is 2.54 bits per heavy atom. The van der Waals surface area contributed by atoms with Crippen molar-refractivity contribution >= 4 is 34.8 Å². The second-order valence-electron chi connectivity index (χ2n) is 7.15. The summed E-state index contributed by atoms with van der Waals surface area (Å²) in [5, 5.41) is 1.50. The molecule has 1 aliphatic heterocycles. The molecular formula is C20H25ClN4O2S. The van der Waals surface area contributed by atoms with Crippen molar-refractivity contribution in [1.82, 2.24) is 19.7 Å². The maximum atomic E-state index is 13.1.